The number of methoxy groups -OCH3 is 1. The average Bonchev–Trinajstić information content (AvgIpc) is 2.55. The van der Waals surface area contributed by atoms with Crippen LogP contribution < -0.4 is 5.32 Å². The number of nitrogens with one attached hydrogen (secondary N) is 1. The number of carbonyl (C=O) groups is 3. The molecule has 0 bridgehead atoms. The molecule has 0 fully saturated rings. The first kappa shape index (κ1) is 20.6. The van der Waals surface area contributed by atoms with Crippen LogP contribution in [0.1, 0.15) is 28.8 Å². The minimum Gasteiger partial charge on any atom is -0.469 e. The van der Waals surface area contributed by atoms with Gasteiger partial charge in [-0.25, -0.2) is 13.2 Å². The van der Waals surface area contributed by atoms with E-state index in [1.807, 2.05) is 0 Å². The molecule has 0 atom stereocenters. The molecule has 0 aliphatic heterocycles. The van der Waals surface area contributed by atoms with Gasteiger partial charge in [-0.3, -0.25) is 9.59 Å². The zero-order chi connectivity index (χ0) is 18.9. The van der Waals surface area contributed by atoms with Crippen LogP contribution in [0.25, 0.3) is 0 Å². The molecule has 0 heterocycles. The number of benzene rings is 1. The van der Waals surface area contributed by atoms with Gasteiger partial charge in [0.25, 0.3) is 5.91 Å². The lowest BCUT2D eigenvalue weighted by atomic mass is 10.1. The zero-order valence-corrected chi connectivity index (χ0v) is 14.9. The van der Waals surface area contributed by atoms with Crippen molar-refractivity contribution in [2.45, 2.75) is 18.6 Å². The lowest BCUT2D eigenvalue weighted by Crippen LogP contribution is -2.29. The van der Waals surface area contributed by atoms with Crippen LogP contribution in [0.3, 0.4) is 0 Å². The largest absolute Gasteiger partial charge is 0.469 e. The van der Waals surface area contributed by atoms with Crippen LogP contribution in [-0.2, 0) is 34.7 Å². The van der Waals surface area contributed by atoms with E-state index in [-0.39, 0.29) is 30.3 Å². The Hall–Kier alpha value is -2.42. The first-order valence-corrected chi connectivity index (χ1v) is 9.54. The first-order valence-electron chi connectivity index (χ1n) is 7.48. The summed E-state index contributed by atoms with van der Waals surface area (Å²) < 4.78 is 31.7. The van der Waals surface area contributed by atoms with Gasteiger partial charge in [0.15, 0.2) is 16.4 Å². The summed E-state index contributed by atoms with van der Waals surface area (Å²) in [6, 6.07) is 5.92. The Morgan fingerprint density at radius 1 is 1.12 bits per heavy atom. The third-order valence-electron chi connectivity index (χ3n) is 3.06. The Bertz CT molecular complexity index is 711. The lowest BCUT2D eigenvalue weighted by molar-refractivity contribution is -0.140. The molecule has 25 heavy (non-hydrogen) atoms. The molecule has 8 nitrogen and oxygen atoms in total. The summed E-state index contributed by atoms with van der Waals surface area (Å²) in [5.74, 6) is -1.64. The smallest absolute Gasteiger partial charge is 0.338 e. The summed E-state index contributed by atoms with van der Waals surface area (Å²) in [7, 11) is -1.86. The van der Waals surface area contributed by atoms with E-state index in [2.05, 4.69) is 10.1 Å². The number of hydrogen-bond donors (Lipinski definition) is 1. The maximum absolute atomic E-state index is 11.8. The highest BCUT2D eigenvalue weighted by molar-refractivity contribution is 7.89. The van der Waals surface area contributed by atoms with Crippen LogP contribution in [0.2, 0.25) is 0 Å². The lowest BCUT2D eigenvalue weighted by Gasteiger charge is -2.07. The Morgan fingerprint density at radius 2 is 1.76 bits per heavy atom. The summed E-state index contributed by atoms with van der Waals surface area (Å²) >= 11 is 0. The van der Waals surface area contributed by atoms with Gasteiger partial charge >= 0.3 is 11.9 Å². The monoisotopic (exact) mass is 371 g/mol. The van der Waals surface area contributed by atoms with Crippen molar-refractivity contribution in [3.8, 4) is 0 Å². The van der Waals surface area contributed by atoms with Crippen LogP contribution >= 0.6 is 0 Å². The van der Waals surface area contributed by atoms with Crippen molar-refractivity contribution in [2.24, 2.45) is 0 Å². The summed E-state index contributed by atoms with van der Waals surface area (Å²) in [6.07, 6.45) is 1.74. The maximum Gasteiger partial charge on any atom is 0.338 e. The predicted octanol–water partition coefficient (Wildman–Crippen LogP) is 0.457. The molecule has 0 saturated heterocycles. The first-order chi connectivity index (χ1) is 11.7. The Labute approximate surface area is 146 Å². The summed E-state index contributed by atoms with van der Waals surface area (Å²) in [5.41, 5.74) is 0.776. The minimum absolute atomic E-state index is 0.115. The van der Waals surface area contributed by atoms with Crippen molar-refractivity contribution in [3.63, 3.8) is 0 Å². The SMILES string of the molecule is COC(=O)CCCNC(=O)COC(=O)c1ccc(CS(C)(=O)=O)cc1. The van der Waals surface area contributed by atoms with E-state index in [0.29, 0.717) is 12.0 Å². The minimum atomic E-state index is -3.15. The Balaban J connectivity index is 2.36. The van der Waals surface area contributed by atoms with Gasteiger partial charge < -0.3 is 14.8 Å². The summed E-state index contributed by atoms with van der Waals surface area (Å²) in [4.78, 5) is 34.2. The van der Waals surface area contributed by atoms with Crippen LogP contribution in [0.4, 0.5) is 0 Å². The van der Waals surface area contributed by atoms with Gasteiger partial charge in [-0.15, -0.1) is 0 Å². The molecule has 1 rings (SSSR count). The number of amides is 1. The second-order valence-electron chi connectivity index (χ2n) is 5.37. The molecule has 138 valence electrons. The van der Waals surface area contributed by atoms with Gasteiger partial charge in [-0.1, -0.05) is 12.1 Å². The normalized spacial score (nSPS) is 10.8. The standard InChI is InChI=1S/C16H21NO7S/c1-23-15(19)4-3-9-17-14(18)10-24-16(20)13-7-5-12(6-8-13)11-25(2,21)22/h5-8H,3-4,9-11H2,1-2H3,(H,17,18). The fourth-order valence-electron chi connectivity index (χ4n) is 1.87. The number of esters is 2. The van der Waals surface area contributed by atoms with Crippen molar-refractivity contribution in [1.29, 1.82) is 0 Å². The average molecular weight is 371 g/mol. The zero-order valence-electron chi connectivity index (χ0n) is 14.1. The predicted molar refractivity (Wildman–Crippen MR) is 89.5 cm³/mol. The van der Waals surface area contributed by atoms with Gasteiger partial charge in [-0.2, -0.15) is 0 Å². The number of rotatable bonds is 9. The molecular weight excluding hydrogens is 350 g/mol. The Morgan fingerprint density at radius 3 is 2.32 bits per heavy atom. The molecule has 1 N–H and O–H groups in total. The number of carbonyl (C=O) groups excluding carboxylic acids is 3. The van der Waals surface area contributed by atoms with Crippen LogP contribution in [0, 0.1) is 0 Å². The van der Waals surface area contributed by atoms with E-state index >= 15 is 0 Å². The number of ether oxygens (including phenoxy) is 2. The van der Waals surface area contributed by atoms with E-state index in [0.717, 1.165) is 6.26 Å². The molecule has 1 aromatic carbocycles. The molecule has 0 saturated carbocycles. The highest BCUT2D eigenvalue weighted by Gasteiger charge is 2.11. The molecule has 0 spiro atoms. The van der Waals surface area contributed by atoms with E-state index in [1.165, 1.54) is 31.4 Å². The number of hydrogen-bond acceptors (Lipinski definition) is 7. The maximum atomic E-state index is 11.8. The fraction of sp³-hybridized carbons (Fsp3) is 0.438. The fourth-order valence-corrected chi connectivity index (χ4v) is 2.67. The third kappa shape index (κ3) is 8.85. The van der Waals surface area contributed by atoms with Crippen LogP contribution in [-0.4, -0.2) is 52.8 Å². The second kappa shape index (κ2) is 9.77. The molecule has 0 aromatic heterocycles. The van der Waals surface area contributed by atoms with Crippen molar-refractivity contribution in [3.05, 3.63) is 35.4 Å². The van der Waals surface area contributed by atoms with Gasteiger partial charge in [0.1, 0.15) is 0 Å². The molecule has 0 radical (unpaired) electrons. The topological polar surface area (TPSA) is 116 Å². The van der Waals surface area contributed by atoms with Gasteiger partial charge in [-0.05, 0) is 24.1 Å². The highest BCUT2D eigenvalue weighted by Crippen LogP contribution is 2.09. The quantitative estimate of drug-likeness (QED) is 0.495. The van der Waals surface area contributed by atoms with E-state index < -0.39 is 28.3 Å². The summed E-state index contributed by atoms with van der Waals surface area (Å²) in [5, 5.41) is 2.51. The Kier molecular flexibility index (Phi) is 8.06. The molecule has 0 aliphatic rings. The van der Waals surface area contributed by atoms with Crippen LogP contribution in [0.15, 0.2) is 24.3 Å². The van der Waals surface area contributed by atoms with E-state index in [1.54, 1.807) is 0 Å². The second-order valence-corrected chi connectivity index (χ2v) is 7.51. The van der Waals surface area contributed by atoms with Crippen molar-refractivity contribution in [1.82, 2.24) is 5.32 Å². The molecule has 0 aliphatic carbocycles. The summed E-state index contributed by atoms with van der Waals surface area (Å²) in [6.45, 7) is -0.173. The van der Waals surface area contributed by atoms with Gasteiger partial charge in [0.2, 0.25) is 0 Å². The molecule has 1 aromatic rings. The highest BCUT2D eigenvalue weighted by atomic mass is 32.2. The van der Waals surface area contributed by atoms with Crippen molar-refractivity contribution in [2.75, 3.05) is 26.5 Å². The van der Waals surface area contributed by atoms with Crippen LogP contribution in [0.5, 0.6) is 0 Å². The molecule has 1 amide bonds. The van der Waals surface area contributed by atoms with Gasteiger partial charge in [0.05, 0.1) is 18.4 Å². The number of sulfone groups is 1. The molecule has 9 heteroatoms. The molecule has 0 unspecified atom stereocenters. The van der Waals surface area contributed by atoms with E-state index in [9.17, 15) is 22.8 Å². The molecular formula is C16H21NO7S. The van der Waals surface area contributed by atoms with Crippen molar-refractivity contribution < 1.29 is 32.3 Å². The van der Waals surface area contributed by atoms with Gasteiger partial charge in [0, 0.05) is 19.2 Å². The third-order valence-corrected chi connectivity index (χ3v) is 3.92. The van der Waals surface area contributed by atoms with Crippen molar-refractivity contribution >= 4 is 27.7 Å². The van der Waals surface area contributed by atoms with E-state index in [4.69, 9.17) is 4.74 Å².